The summed E-state index contributed by atoms with van der Waals surface area (Å²) in [6.45, 7) is 4.00. The lowest BCUT2D eigenvalue weighted by atomic mass is 9.95. The predicted molar refractivity (Wildman–Crippen MR) is 87.1 cm³/mol. The van der Waals surface area contributed by atoms with E-state index >= 15 is 0 Å². The molecule has 0 aromatic heterocycles. The zero-order chi connectivity index (χ0) is 15.5. The maximum Gasteiger partial charge on any atom is 0.249 e. The van der Waals surface area contributed by atoms with Gasteiger partial charge in [0.15, 0.2) is 0 Å². The van der Waals surface area contributed by atoms with Gasteiger partial charge < -0.3 is 10.4 Å². The largest absolute Gasteiger partial charge is 0.383 e. The minimum absolute atomic E-state index is 0.206. The van der Waals surface area contributed by atoms with Gasteiger partial charge in [-0.3, -0.25) is 4.79 Å². The normalized spacial score (nSPS) is 16.5. The van der Waals surface area contributed by atoms with Crippen molar-refractivity contribution in [1.82, 2.24) is 5.32 Å². The predicted octanol–water partition coefficient (Wildman–Crippen LogP) is 3.46. The summed E-state index contributed by atoms with van der Waals surface area (Å²) in [5, 5.41) is 12.9. The molecule has 21 heavy (non-hydrogen) atoms. The molecule has 118 valence electrons. The van der Waals surface area contributed by atoms with Crippen LogP contribution >= 0.6 is 0 Å². The Labute approximate surface area is 128 Å². The number of hydrogen-bond donors (Lipinski definition) is 2. The zero-order valence-electron chi connectivity index (χ0n) is 13.3. The van der Waals surface area contributed by atoms with Crippen LogP contribution in [0.25, 0.3) is 0 Å². The monoisotopic (exact) mass is 291 g/mol. The second kappa shape index (κ2) is 10.4. The highest BCUT2D eigenvalue weighted by atomic mass is 16.3. The number of rotatable bonds is 5. The quantitative estimate of drug-likeness (QED) is 0.873. The molecule has 0 radical (unpaired) electrons. The van der Waals surface area contributed by atoms with Gasteiger partial charge in [0.1, 0.15) is 6.10 Å². The molecule has 0 spiro atoms. The van der Waals surface area contributed by atoms with Gasteiger partial charge in [0.2, 0.25) is 5.91 Å². The summed E-state index contributed by atoms with van der Waals surface area (Å²) in [7, 11) is 0. The van der Waals surface area contributed by atoms with Gasteiger partial charge in [-0.25, -0.2) is 0 Å². The second-order valence-electron chi connectivity index (χ2n) is 5.38. The molecule has 2 N–H and O–H groups in total. The summed E-state index contributed by atoms with van der Waals surface area (Å²) in [5.74, 6) is -0.206. The molecule has 1 unspecified atom stereocenters. The van der Waals surface area contributed by atoms with E-state index in [2.05, 4.69) is 5.32 Å². The fourth-order valence-electron chi connectivity index (χ4n) is 2.62. The van der Waals surface area contributed by atoms with Crippen LogP contribution in [0, 0.1) is 0 Å². The van der Waals surface area contributed by atoms with Crippen LogP contribution in [0.5, 0.6) is 0 Å². The van der Waals surface area contributed by atoms with E-state index in [1.807, 2.05) is 44.2 Å². The SMILES string of the molecule is CC.O=C(NC1CCCCC1)C(O)CCc1ccccc1. The van der Waals surface area contributed by atoms with Gasteiger partial charge >= 0.3 is 0 Å². The fourth-order valence-corrected chi connectivity index (χ4v) is 2.62. The molecule has 1 atom stereocenters. The molecule has 0 saturated heterocycles. The second-order valence-corrected chi connectivity index (χ2v) is 5.38. The van der Waals surface area contributed by atoms with Crippen LogP contribution in [-0.4, -0.2) is 23.2 Å². The fraction of sp³-hybridized carbons (Fsp3) is 0.611. The Bertz CT molecular complexity index is 385. The van der Waals surface area contributed by atoms with E-state index in [1.165, 1.54) is 19.3 Å². The van der Waals surface area contributed by atoms with Crippen LogP contribution < -0.4 is 5.32 Å². The average Bonchev–Trinajstić information content (AvgIpc) is 2.56. The van der Waals surface area contributed by atoms with Gasteiger partial charge in [0.05, 0.1) is 0 Å². The molecule has 0 bridgehead atoms. The Kier molecular flexibility index (Phi) is 8.76. The number of benzene rings is 1. The number of carbonyl (C=O) groups excluding carboxylic acids is 1. The molecule has 1 fully saturated rings. The Balaban J connectivity index is 0.00000106. The maximum absolute atomic E-state index is 11.9. The van der Waals surface area contributed by atoms with Crippen molar-refractivity contribution in [3.05, 3.63) is 35.9 Å². The number of carbonyl (C=O) groups is 1. The number of aryl methyl sites for hydroxylation is 1. The van der Waals surface area contributed by atoms with Crippen molar-refractivity contribution in [2.75, 3.05) is 0 Å². The Hall–Kier alpha value is -1.35. The van der Waals surface area contributed by atoms with Crippen molar-refractivity contribution < 1.29 is 9.90 Å². The van der Waals surface area contributed by atoms with Crippen LogP contribution in [0.1, 0.15) is 57.9 Å². The van der Waals surface area contributed by atoms with Crippen LogP contribution in [0.15, 0.2) is 30.3 Å². The van der Waals surface area contributed by atoms with Crippen molar-refractivity contribution in [2.24, 2.45) is 0 Å². The summed E-state index contributed by atoms with van der Waals surface area (Å²) in [4.78, 5) is 11.9. The first-order valence-corrected chi connectivity index (χ1v) is 8.28. The van der Waals surface area contributed by atoms with Crippen molar-refractivity contribution >= 4 is 5.91 Å². The van der Waals surface area contributed by atoms with Crippen LogP contribution in [-0.2, 0) is 11.2 Å². The van der Waals surface area contributed by atoms with E-state index in [9.17, 15) is 9.90 Å². The van der Waals surface area contributed by atoms with Crippen molar-refractivity contribution in [3.63, 3.8) is 0 Å². The maximum atomic E-state index is 11.9. The molecule has 0 heterocycles. The topological polar surface area (TPSA) is 49.3 Å². The van der Waals surface area contributed by atoms with Crippen molar-refractivity contribution in [3.8, 4) is 0 Å². The Morgan fingerprint density at radius 3 is 2.43 bits per heavy atom. The van der Waals surface area contributed by atoms with E-state index in [1.54, 1.807) is 0 Å². The molecular formula is C18H29NO2. The number of amides is 1. The third-order valence-electron chi connectivity index (χ3n) is 3.80. The molecule has 1 saturated carbocycles. The molecule has 1 aromatic carbocycles. The molecule has 1 aliphatic carbocycles. The number of hydrogen-bond acceptors (Lipinski definition) is 2. The van der Waals surface area contributed by atoms with Crippen LogP contribution in [0.2, 0.25) is 0 Å². The lowest BCUT2D eigenvalue weighted by Crippen LogP contribution is -2.42. The van der Waals surface area contributed by atoms with Crippen LogP contribution in [0.3, 0.4) is 0 Å². The van der Waals surface area contributed by atoms with E-state index in [-0.39, 0.29) is 11.9 Å². The van der Waals surface area contributed by atoms with Gasteiger partial charge in [-0.05, 0) is 31.2 Å². The third-order valence-corrected chi connectivity index (χ3v) is 3.80. The smallest absolute Gasteiger partial charge is 0.249 e. The minimum Gasteiger partial charge on any atom is -0.383 e. The first-order chi connectivity index (χ1) is 10.3. The van der Waals surface area contributed by atoms with Crippen molar-refractivity contribution in [2.45, 2.75) is 70.9 Å². The lowest BCUT2D eigenvalue weighted by molar-refractivity contribution is -0.130. The highest BCUT2D eigenvalue weighted by molar-refractivity contribution is 5.80. The van der Waals surface area contributed by atoms with Gasteiger partial charge in [-0.1, -0.05) is 63.4 Å². The summed E-state index contributed by atoms with van der Waals surface area (Å²) >= 11 is 0. The summed E-state index contributed by atoms with van der Waals surface area (Å²) in [6, 6.07) is 10.2. The number of aliphatic hydroxyl groups excluding tert-OH is 1. The molecular weight excluding hydrogens is 262 g/mol. The summed E-state index contributed by atoms with van der Waals surface area (Å²) in [5.41, 5.74) is 1.16. The van der Waals surface area contributed by atoms with Gasteiger partial charge in [0, 0.05) is 6.04 Å². The van der Waals surface area contributed by atoms with E-state index in [0.717, 1.165) is 24.8 Å². The zero-order valence-corrected chi connectivity index (χ0v) is 13.3. The molecule has 1 aliphatic rings. The standard InChI is InChI=1S/C16H23NO2.C2H6/c18-15(12-11-13-7-3-1-4-8-13)16(19)17-14-9-5-2-6-10-14;1-2/h1,3-4,7-8,14-15,18H,2,5-6,9-12H2,(H,17,19);1-2H3. The molecule has 1 aromatic rings. The molecule has 3 nitrogen and oxygen atoms in total. The first kappa shape index (κ1) is 17.7. The average molecular weight is 291 g/mol. The van der Waals surface area contributed by atoms with Gasteiger partial charge in [-0.15, -0.1) is 0 Å². The Morgan fingerprint density at radius 1 is 1.19 bits per heavy atom. The summed E-state index contributed by atoms with van der Waals surface area (Å²) in [6.07, 6.45) is 6.08. The van der Waals surface area contributed by atoms with E-state index < -0.39 is 6.10 Å². The van der Waals surface area contributed by atoms with E-state index in [4.69, 9.17) is 0 Å². The number of aliphatic hydroxyl groups is 1. The third kappa shape index (κ3) is 6.76. The number of nitrogens with one attached hydrogen (secondary N) is 1. The minimum atomic E-state index is -0.887. The molecule has 0 aliphatic heterocycles. The highest BCUT2D eigenvalue weighted by Crippen LogP contribution is 2.17. The molecule has 3 heteroatoms. The lowest BCUT2D eigenvalue weighted by Gasteiger charge is -2.24. The summed E-state index contributed by atoms with van der Waals surface area (Å²) < 4.78 is 0. The molecule has 1 amide bonds. The molecule has 2 rings (SSSR count). The Morgan fingerprint density at radius 2 is 1.81 bits per heavy atom. The highest BCUT2D eigenvalue weighted by Gasteiger charge is 2.20. The van der Waals surface area contributed by atoms with Gasteiger partial charge in [0.25, 0.3) is 0 Å². The van der Waals surface area contributed by atoms with Crippen LogP contribution in [0.4, 0.5) is 0 Å². The first-order valence-electron chi connectivity index (χ1n) is 8.28. The van der Waals surface area contributed by atoms with E-state index in [0.29, 0.717) is 6.42 Å². The van der Waals surface area contributed by atoms with Crippen molar-refractivity contribution in [1.29, 1.82) is 0 Å². The van der Waals surface area contributed by atoms with Gasteiger partial charge in [-0.2, -0.15) is 0 Å².